The maximum Gasteiger partial charge on any atom is 0.427 e. The average molecular weight is 679 g/mol. The zero-order chi connectivity index (χ0) is 33.8. The predicted octanol–water partition coefficient (Wildman–Crippen LogP) is 5.26. The van der Waals surface area contributed by atoms with E-state index in [1.54, 1.807) is 23.1 Å². The van der Waals surface area contributed by atoms with Crippen LogP contribution in [0.15, 0.2) is 30.3 Å². The van der Waals surface area contributed by atoms with Gasteiger partial charge in [0.15, 0.2) is 5.82 Å². The molecule has 49 heavy (non-hydrogen) atoms. The minimum atomic E-state index is -4.83. The Bertz CT molecular complexity index is 2070. The van der Waals surface area contributed by atoms with E-state index in [0.717, 1.165) is 13.0 Å². The minimum absolute atomic E-state index is 0.0312. The van der Waals surface area contributed by atoms with Gasteiger partial charge in [0.05, 0.1) is 11.6 Å². The molecule has 0 saturated carbocycles. The molecule has 0 amide bonds. The van der Waals surface area contributed by atoms with Gasteiger partial charge in [-0.15, -0.1) is 6.42 Å². The van der Waals surface area contributed by atoms with Gasteiger partial charge in [-0.05, 0) is 55.8 Å². The molecular formula is C35H31F5N6O3. The molecular weight excluding hydrogens is 647 g/mol. The highest BCUT2D eigenvalue weighted by Crippen LogP contribution is 2.48. The van der Waals surface area contributed by atoms with Gasteiger partial charge in [-0.3, -0.25) is 4.90 Å². The van der Waals surface area contributed by atoms with Crippen molar-refractivity contribution in [1.29, 1.82) is 0 Å². The molecule has 5 aliphatic rings. The van der Waals surface area contributed by atoms with Crippen LogP contribution in [0.1, 0.15) is 37.7 Å². The van der Waals surface area contributed by atoms with Crippen molar-refractivity contribution in [2.24, 2.45) is 0 Å². The fraction of sp³-hybridized carbons (Fsp3) is 0.457. The normalized spacial score (nSPS) is 29.1. The maximum absolute atomic E-state index is 17.1. The number of terminal acetylenes is 1. The SMILES string of the molecule is C#Cc1cccc2cc(O)cc(-c3nc4c5c(nc(OC[C@@]67CCCN6C[C@H](F)C7)nc5c3F)N3C[C@H]5CC[C@H](N5)[C@H]3[C@H](C(F)(F)F)O4)c12. The Balaban J connectivity index is 1.28. The number of hydrogen-bond acceptors (Lipinski definition) is 9. The van der Waals surface area contributed by atoms with Gasteiger partial charge in [0.2, 0.25) is 12.0 Å². The van der Waals surface area contributed by atoms with E-state index in [-0.39, 0.29) is 59.7 Å². The van der Waals surface area contributed by atoms with E-state index < -0.39 is 53.5 Å². The molecule has 0 aliphatic carbocycles. The molecule has 0 spiro atoms. The van der Waals surface area contributed by atoms with Crippen molar-refractivity contribution in [3.63, 3.8) is 0 Å². The van der Waals surface area contributed by atoms with Crippen molar-refractivity contribution in [3.8, 4) is 41.2 Å². The summed E-state index contributed by atoms with van der Waals surface area (Å²) in [4.78, 5) is 17.1. The van der Waals surface area contributed by atoms with E-state index in [1.165, 1.54) is 12.1 Å². The summed E-state index contributed by atoms with van der Waals surface area (Å²) in [6, 6.07) is 5.51. The Morgan fingerprint density at radius 3 is 2.82 bits per heavy atom. The van der Waals surface area contributed by atoms with Gasteiger partial charge in [0.1, 0.15) is 40.9 Å². The van der Waals surface area contributed by atoms with Crippen LogP contribution in [0, 0.1) is 18.2 Å². The second kappa shape index (κ2) is 10.8. The number of rotatable bonds is 4. The first-order chi connectivity index (χ1) is 23.5. The molecule has 14 heteroatoms. The molecule has 5 aliphatic heterocycles. The molecule has 0 radical (unpaired) electrons. The summed E-state index contributed by atoms with van der Waals surface area (Å²) in [5.41, 5.74) is -0.913. The molecule has 6 atom stereocenters. The van der Waals surface area contributed by atoms with Crippen LogP contribution < -0.4 is 19.7 Å². The first-order valence-corrected chi connectivity index (χ1v) is 16.4. The van der Waals surface area contributed by atoms with Crippen molar-refractivity contribution >= 4 is 27.5 Å². The summed E-state index contributed by atoms with van der Waals surface area (Å²) in [7, 11) is 0. The van der Waals surface area contributed by atoms with Crippen LogP contribution in [0.4, 0.5) is 27.8 Å². The summed E-state index contributed by atoms with van der Waals surface area (Å²) in [5, 5.41) is 14.7. The fourth-order valence-corrected chi connectivity index (χ4v) is 8.90. The third kappa shape index (κ3) is 4.69. The molecule has 2 N–H and O–H groups in total. The highest BCUT2D eigenvalue weighted by atomic mass is 19.4. The molecule has 4 fully saturated rings. The van der Waals surface area contributed by atoms with Crippen LogP contribution in [0.2, 0.25) is 0 Å². The molecule has 2 aromatic carbocycles. The highest BCUT2D eigenvalue weighted by Gasteiger charge is 2.57. The number of benzene rings is 2. The number of aromatic hydroxyl groups is 1. The molecule has 9 rings (SSSR count). The van der Waals surface area contributed by atoms with Crippen LogP contribution in [0.5, 0.6) is 17.6 Å². The van der Waals surface area contributed by atoms with Crippen LogP contribution in [0.25, 0.3) is 32.9 Å². The number of hydrogen-bond donors (Lipinski definition) is 2. The van der Waals surface area contributed by atoms with Crippen molar-refractivity contribution in [3.05, 3.63) is 41.7 Å². The largest absolute Gasteiger partial charge is 0.508 e. The van der Waals surface area contributed by atoms with Gasteiger partial charge in [-0.2, -0.15) is 23.1 Å². The van der Waals surface area contributed by atoms with Crippen molar-refractivity contribution < 1.29 is 36.5 Å². The van der Waals surface area contributed by atoms with Gasteiger partial charge in [-0.1, -0.05) is 18.1 Å². The second-order valence-electron chi connectivity index (χ2n) is 13.8. The number of piperazine rings is 1. The lowest BCUT2D eigenvalue weighted by atomic mass is 9.95. The van der Waals surface area contributed by atoms with Gasteiger partial charge < -0.3 is 24.8 Å². The Morgan fingerprint density at radius 1 is 1.14 bits per heavy atom. The zero-order valence-corrected chi connectivity index (χ0v) is 26.1. The van der Waals surface area contributed by atoms with Gasteiger partial charge in [0.25, 0.3) is 0 Å². The summed E-state index contributed by atoms with van der Waals surface area (Å²) in [6.45, 7) is 1.21. The molecule has 254 valence electrons. The average Bonchev–Trinajstić information content (AvgIpc) is 3.70. The van der Waals surface area contributed by atoms with E-state index in [9.17, 15) is 22.7 Å². The van der Waals surface area contributed by atoms with E-state index in [0.29, 0.717) is 42.1 Å². The lowest BCUT2D eigenvalue weighted by molar-refractivity contribution is -0.203. The zero-order valence-electron chi connectivity index (χ0n) is 26.1. The Labute approximate surface area is 277 Å². The van der Waals surface area contributed by atoms with E-state index in [4.69, 9.17) is 15.9 Å². The van der Waals surface area contributed by atoms with Crippen LogP contribution in [-0.2, 0) is 0 Å². The summed E-state index contributed by atoms with van der Waals surface area (Å²) >= 11 is 0. The van der Waals surface area contributed by atoms with E-state index in [1.807, 2.05) is 0 Å². The number of nitrogens with one attached hydrogen (secondary N) is 1. The topological polar surface area (TPSA) is 95.9 Å². The molecule has 7 heterocycles. The highest BCUT2D eigenvalue weighted by molar-refractivity contribution is 6.04. The van der Waals surface area contributed by atoms with E-state index >= 15 is 4.39 Å². The number of aromatic nitrogens is 3. The van der Waals surface area contributed by atoms with Crippen molar-refractivity contribution in [2.75, 3.05) is 31.1 Å². The number of phenolic OH excluding ortho intramolecular Hbond substituents is 1. The van der Waals surface area contributed by atoms with E-state index in [2.05, 4.69) is 31.1 Å². The van der Waals surface area contributed by atoms with Crippen LogP contribution >= 0.6 is 0 Å². The lowest BCUT2D eigenvalue weighted by Crippen LogP contribution is -2.66. The number of fused-ring (bicyclic) bond motifs is 7. The number of nitrogens with zero attached hydrogens (tertiary/aromatic N) is 5. The Kier molecular flexibility index (Phi) is 6.71. The van der Waals surface area contributed by atoms with Crippen molar-refractivity contribution in [1.82, 2.24) is 25.2 Å². The smallest absolute Gasteiger partial charge is 0.427 e. The first-order valence-electron chi connectivity index (χ1n) is 16.4. The second-order valence-corrected chi connectivity index (χ2v) is 13.8. The molecule has 2 bridgehead atoms. The third-order valence-corrected chi connectivity index (χ3v) is 10.9. The number of ether oxygens (including phenoxy) is 2. The van der Waals surface area contributed by atoms with Crippen LogP contribution in [0.3, 0.4) is 0 Å². The number of alkyl halides is 4. The van der Waals surface area contributed by atoms with Gasteiger partial charge in [-0.25, -0.2) is 13.8 Å². The quantitative estimate of drug-likeness (QED) is 0.222. The Morgan fingerprint density at radius 2 is 2.00 bits per heavy atom. The maximum atomic E-state index is 17.1. The minimum Gasteiger partial charge on any atom is -0.508 e. The third-order valence-electron chi connectivity index (χ3n) is 10.9. The standard InChI is InChI=1S/C35H31F5N6O3/c1-2-17-5-3-6-18-11-21(47)12-22(24(17)18)27-26(37)28-25-31(44-33(43-28)48-16-34-9-4-10-45(34)14-19(36)13-34)46-15-20-7-8-23(41-20)29(46)30(35(38,39)40)49-32(25)42-27/h1,3,5-6,11-12,19-20,23,29-30,41,47H,4,7-10,13-16H2/t19-,20-,23+,29+,30-,34+/m1/s1. The monoisotopic (exact) mass is 678 g/mol. The molecule has 2 aromatic heterocycles. The predicted molar refractivity (Wildman–Crippen MR) is 170 cm³/mol. The number of pyridine rings is 1. The summed E-state index contributed by atoms with van der Waals surface area (Å²) < 4.78 is 88.6. The first kappa shape index (κ1) is 30.6. The molecule has 4 aromatic rings. The molecule has 4 saturated heterocycles. The fourth-order valence-electron chi connectivity index (χ4n) is 8.90. The number of halogens is 5. The molecule has 0 unspecified atom stereocenters. The number of anilines is 1. The van der Waals surface area contributed by atoms with Crippen LogP contribution in [-0.4, -0.2) is 93.3 Å². The molecule has 9 nitrogen and oxygen atoms in total. The Hall–Kier alpha value is -4.48. The van der Waals surface area contributed by atoms with Crippen molar-refractivity contribution in [2.45, 2.75) is 74.2 Å². The lowest BCUT2D eigenvalue weighted by Gasteiger charge is -2.43. The number of phenols is 1. The summed E-state index contributed by atoms with van der Waals surface area (Å²) in [6.07, 6.45) is 0.583. The van der Waals surface area contributed by atoms with Gasteiger partial charge in [0, 0.05) is 48.1 Å². The van der Waals surface area contributed by atoms with Gasteiger partial charge >= 0.3 is 12.2 Å². The summed E-state index contributed by atoms with van der Waals surface area (Å²) in [5.74, 6) is 0.899.